The molecule has 1 atom stereocenters. The molecule has 0 heterocycles. The summed E-state index contributed by atoms with van der Waals surface area (Å²) in [7, 11) is 0. The summed E-state index contributed by atoms with van der Waals surface area (Å²) in [6, 6.07) is 0. The molecule has 0 fully saturated rings. The second-order valence-corrected chi connectivity index (χ2v) is 16.7. The molecule has 0 spiro atoms. The molecule has 0 rings (SSSR count). The van der Waals surface area contributed by atoms with Crippen molar-refractivity contribution < 1.29 is 23.8 Å². The van der Waals surface area contributed by atoms with Crippen LogP contribution in [0.1, 0.15) is 213 Å². The van der Waals surface area contributed by atoms with Crippen LogP contribution in [0.5, 0.6) is 0 Å². The van der Waals surface area contributed by atoms with E-state index in [1.165, 1.54) is 44.9 Å². The summed E-state index contributed by atoms with van der Waals surface area (Å²) in [6.45, 7) is 7.48. The molecule has 0 aliphatic heterocycles. The van der Waals surface area contributed by atoms with Crippen molar-refractivity contribution in [2.24, 2.45) is 0 Å². The monoisotopic (exact) mass is 885 g/mol. The van der Waals surface area contributed by atoms with Gasteiger partial charge in [-0.1, -0.05) is 213 Å². The Morgan fingerprint density at radius 3 is 1.14 bits per heavy atom. The number of hydrogen-bond donors (Lipinski definition) is 0. The standard InChI is InChI=1S/C59H96O5/c1-4-7-10-13-16-19-21-23-25-27-29-31-33-35-37-39-42-45-48-51-54-62-55-57(64-59(61)53-50-47-44-40-18-15-12-9-6-3)56-63-58(60)52-49-46-43-41-38-36-34-32-30-28-26-24-22-20-17-14-11-8-5-2/h7-8,10-11,16-17,19-20,23-26,29-32,35-38,57H,4-6,9,12-15,18,21-22,27-28,33-34,39-56H2,1-3H3/b10-7-,11-8-,19-16-,20-17-,25-23-,26-24-,31-29-,32-30-,37-35-,38-36-. The molecule has 0 bridgehead atoms. The van der Waals surface area contributed by atoms with Crippen LogP contribution in [0.25, 0.3) is 0 Å². The van der Waals surface area contributed by atoms with Crippen molar-refractivity contribution in [1.29, 1.82) is 0 Å². The summed E-state index contributed by atoms with van der Waals surface area (Å²) in [5.41, 5.74) is 0. The number of carbonyl (C=O) groups excluding carboxylic acids is 2. The van der Waals surface area contributed by atoms with Gasteiger partial charge in [0.05, 0.1) is 6.61 Å². The summed E-state index contributed by atoms with van der Waals surface area (Å²) in [5, 5.41) is 0. The molecule has 0 aromatic carbocycles. The van der Waals surface area contributed by atoms with Crippen LogP contribution in [0, 0.1) is 0 Å². The average Bonchev–Trinajstić information content (AvgIpc) is 3.30. The lowest BCUT2D eigenvalue weighted by Crippen LogP contribution is -2.30. The molecule has 362 valence electrons. The number of unbranched alkanes of at least 4 members (excludes halogenated alkanes) is 15. The highest BCUT2D eigenvalue weighted by Crippen LogP contribution is 2.13. The maximum atomic E-state index is 12.7. The van der Waals surface area contributed by atoms with E-state index in [-0.39, 0.29) is 25.2 Å². The highest BCUT2D eigenvalue weighted by molar-refractivity contribution is 5.70. The van der Waals surface area contributed by atoms with Gasteiger partial charge in [-0.05, 0) is 109 Å². The summed E-state index contributed by atoms with van der Waals surface area (Å²) in [5.74, 6) is -0.458. The maximum Gasteiger partial charge on any atom is 0.306 e. The first-order valence-corrected chi connectivity index (χ1v) is 26.1. The van der Waals surface area contributed by atoms with E-state index in [0.717, 1.165) is 135 Å². The lowest BCUT2D eigenvalue weighted by molar-refractivity contribution is -0.163. The van der Waals surface area contributed by atoms with Crippen molar-refractivity contribution in [1.82, 2.24) is 0 Å². The van der Waals surface area contributed by atoms with Gasteiger partial charge in [-0.3, -0.25) is 9.59 Å². The van der Waals surface area contributed by atoms with Crippen LogP contribution in [-0.4, -0.2) is 37.9 Å². The Morgan fingerprint density at radius 1 is 0.359 bits per heavy atom. The molecule has 1 unspecified atom stereocenters. The number of carbonyl (C=O) groups is 2. The molecule has 0 radical (unpaired) electrons. The Kier molecular flexibility index (Phi) is 50.5. The molecule has 0 saturated carbocycles. The van der Waals surface area contributed by atoms with Crippen molar-refractivity contribution in [3.05, 3.63) is 122 Å². The van der Waals surface area contributed by atoms with Gasteiger partial charge >= 0.3 is 11.9 Å². The molecular weight excluding hydrogens is 789 g/mol. The number of esters is 2. The van der Waals surface area contributed by atoms with E-state index in [0.29, 0.717) is 19.4 Å². The minimum Gasteiger partial charge on any atom is -0.462 e. The molecule has 0 aliphatic carbocycles. The molecule has 0 N–H and O–H groups in total. The van der Waals surface area contributed by atoms with Crippen LogP contribution in [0.2, 0.25) is 0 Å². The number of ether oxygens (including phenoxy) is 3. The van der Waals surface area contributed by atoms with Crippen LogP contribution < -0.4 is 0 Å². The first kappa shape index (κ1) is 60.3. The van der Waals surface area contributed by atoms with E-state index >= 15 is 0 Å². The summed E-state index contributed by atoms with van der Waals surface area (Å²) in [6.07, 6.45) is 75.0. The molecule has 64 heavy (non-hydrogen) atoms. The summed E-state index contributed by atoms with van der Waals surface area (Å²) < 4.78 is 17.3. The molecule has 0 amide bonds. The van der Waals surface area contributed by atoms with Crippen molar-refractivity contribution >= 4 is 11.9 Å². The SMILES string of the molecule is CC/C=C\C/C=C\C/C=C\C/C=C\C/C=C\CCCCCCOCC(COC(=O)CCCCC/C=C\C/C=C\C/C=C\C/C=C\C/C=C\CC)OC(=O)CCCCCCCCCCC. The minimum atomic E-state index is -0.569. The summed E-state index contributed by atoms with van der Waals surface area (Å²) >= 11 is 0. The smallest absolute Gasteiger partial charge is 0.306 e. The Balaban J connectivity index is 4.32. The Morgan fingerprint density at radius 2 is 0.703 bits per heavy atom. The third kappa shape index (κ3) is 50.9. The quantitative estimate of drug-likeness (QED) is 0.0346. The molecule has 5 nitrogen and oxygen atoms in total. The fourth-order valence-corrected chi connectivity index (χ4v) is 6.68. The van der Waals surface area contributed by atoms with E-state index in [2.05, 4.69) is 142 Å². The van der Waals surface area contributed by atoms with E-state index in [4.69, 9.17) is 14.2 Å². The maximum absolute atomic E-state index is 12.7. The molecule has 5 heteroatoms. The summed E-state index contributed by atoms with van der Waals surface area (Å²) in [4.78, 5) is 25.3. The van der Waals surface area contributed by atoms with E-state index < -0.39 is 6.10 Å². The number of rotatable bonds is 46. The van der Waals surface area contributed by atoms with E-state index in [9.17, 15) is 9.59 Å². The van der Waals surface area contributed by atoms with Crippen molar-refractivity contribution in [2.45, 2.75) is 219 Å². The van der Waals surface area contributed by atoms with Gasteiger partial charge in [-0.2, -0.15) is 0 Å². The average molecular weight is 885 g/mol. The predicted octanol–water partition coefficient (Wildman–Crippen LogP) is 17.8. The van der Waals surface area contributed by atoms with Crippen LogP contribution in [0.15, 0.2) is 122 Å². The lowest BCUT2D eigenvalue weighted by atomic mass is 10.1. The topological polar surface area (TPSA) is 61.8 Å². The number of allylic oxidation sites excluding steroid dienone is 20. The van der Waals surface area contributed by atoms with Gasteiger partial charge in [0.1, 0.15) is 6.61 Å². The lowest BCUT2D eigenvalue weighted by Gasteiger charge is -2.18. The zero-order valence-corrected chi connectivity index (χ0v) is 41.5. The van der Waals surface area contributed by atoms with E-state index in [1.54, 1.807) is 0 Å². The van der Waals surface area contributed by atoms with Crippen molar-refractivity contribution in [3.63, 3.8) is 0 Å². The molecule has 0 aliphatic rings. The fraction of sp³-hybridized carbons (Fsp3) is 0.627. The molecular formula is C59H96O5. The van der Waals surface area contributed by atoms with Crippen LogP contribution in [0.3, 0.4) is 0 Å². The minimum absolute atomic E-state index is 0.0512. The van der Waals surface area contributed by atoms with Gasteiger partial charge in [0.2, 0.25) is 0 Å². The van der Waals surface area contributed by atoms with Gasteiger partial charge in [0.15, 0.2) is 6.10 Å². The van der Waals surface area contributed by atoms with Crippen LogP contribution >= 0.6 is 0 Å². The first-order valence-electron chi connectivity index (χ1n) is 26.1. The highest BCUT2D eigenvalue weighted by atomic mass is 16.6. The Hall–Kier alpha value is -3.70. The van der Waals surface area contributed by atoms with Gasteiger partial charge in [0, 0.05) is 19.4 Å². The van der Waals surface area contributed by atoms with E-state index in [1.807, 2.05) is 0 Å². The Bertz CT molecular complexity index is 1320. The fourth-order valence-electron chi connectivity index (χ4n) is 6.68. The van der Waals surface area contributed by atoms with Gasteiger partial charge in [0.25, 0.3) is 0 Å². The normalized spacial score (nSPS) is 13.2. The van der Waals surface area contributed by atoms with Crippen LogP contribution in [0.4, 0.5) is 0 Å². The third-order valence-electron chi connectivity index (χ3n) is 10.5. The first-order chi connectivity index (χ1) is 31.6. The molecule has 0 saturated heterocycles. The van der Waals surface area contributed by atoms with Crippen molar-refractivity contribution in [2.75, 3.05) is 19.8 Å². The van der Waals surface area contributed by atoms with Crippen molar-refractivity contribution in [3.8, 4) is 0 Å². The molecule has 0 aromatic heterocycles. The molecule has 0 aromatic rings. The number of hydrogen-bond acceptors (Lipinski definition) is 5. The zero-order chi connectivity index (χ0) is 46.3. The van der Waals surface area contributed by atoms with Gasteiger partial charge < -0.3 is 14.2 Å². The second kappa shape index (κ2) is 53.6. The van der Waals surface area contributed by atoms with Crippen LogP contribution in [-0.2, 0) is 23.8 Å². The highest BCUT2D eigenvalue weighted by Gasteiger charge is 2.17. The third-order valence-corrected chi connectivity index (χ3v) is 10.5. The zero-order valence-electron chi connectivity index (χ0n) is 41.5. The largest absolute Gasteiger partial charge is 0.462 e. The Labute approximate surface area is 395 Å². The van der Waals surface area contributed by atoms with Gasteiger partial charge in [-0.25, -0.2) is 0 Å². The predicted molar refractivity (Wildman–Crippen MR) is 279 cm³/mol. The van der Waals surface area contributed by atoms with Gasteiger partial charge in [-0.15, -0.1) is 0 Å². The second-order valence-electron chi connectivity index (χ2n) is 16.7.